The van der Waals surface area contributed by atoms with Crippen molar-refractivity contribution in [1.29, 1.82) is 0 Å². The van der Waals surface area contributed by atoms with Crippen molar-refractivity contribution in [3.8, 4) is 0 Å². The zero-order chi connectivity index (χ0) is 62.0. The molecule has 0 bridgehead atoms. The number of rotatable bonds is 8. The molecule has 0 aliphatic heterocycles. The molecule has 11 aromatic carbocycles. The summed E-state index contributed by atoms with van der Waals surface area (Å²) >= 11 is 0. The van der Waals surface area contributed by atoms with Crippen LogP contribution in [0.2, 0.25) is 0 Å². The first kappa shape index (κ1) is 61.9. The predicted octanol–water partition coefficient (Wildman–Crippen LogP) is 14.5. The molecule has 93 heavy (non-hydrogen) atoms. The maximum atomic E-state index is 4.35. The fourth-order valence-electron chi connectivity index (χ4n) is 13.3. The van der Waals surface area contributed by atoms with Crippen LogP contribution in [-0.2, 0) is 19.5 Å². The standard InChI is InChI=1S/2C24H20B.3C12H8N2.Ru/c2*1-5-13-21(14-6-1)25(22-15-7-2-8-16-22,23-17-9-3-10-18-23)24-19-11-4-12-20-24;3*1-3-9-5-6-10-4-2-8-14-12(10)11(9)13-7-1;/h2*1-20H;3*1-8H;/q2*-1;;;;+2. The largest absolute Gasteiger partial charge is 2.00 e. The van der Waals surface area contributed by atoms with Gasteiger partial charge in [0, 0.05) is 69.5 Å². The van der Waals surface area contributed by atoms with E-state index in [0.29, 0.717) is 0 Å². The number of fused-ring (bicyclic) bond motifs is 9. The van der Waals surface area contributed by atoms with E-state index in [9.17, 15) is 0 Å². The number of nitrogens with zero attached hydrogens (tertiary/aromatic N) is 6. The molecule has 6 aromatic heterocycles. The van der Waals surface area contributed by atoms with Crippen molar-refractivity contribution in [2.45, 2.75) is 0 Å². The van der Waals surface area contributed by atoms with Crippen LogP contribution in [-0.4, -0.2) is 42.2 Å². The third-order valence-corrected chi connectivity index (χ3v) is 17.4. The van der Waals surface area contributed by atoms with E-state index in [1.54, 1.807) is 37.2 Å². The Morgan fingerprint density at radius 3 is 0.398 bits per heavy atom. The maximum Gasteiger partial charge on any atom is 2.00 e. The van der Waals surface area contributed by atoms with Crippen LogP contribution in [0.25, 0.3) is 65.4 Å². The first-order chi connectivity index (χ1) is 45.7. The van der Waals surface area contributed by atoms with Gasteiger partial charge in [-0.3, -0.25) is 29.9 Å². The minimum atomic E-state index is -1.22. The molecule has 6 nitrogen and oxygen atoms in total. The minimum absolute atomic E-state index is 0. The Bertz CT molecular complexity index is 4250. The Kier molecular flexibility index (Phi) is 19.9. The molecular formula is C84H64B2N6Ru. The second kappa shape index (κ2) is 30.0. The molecule has 6 heterocycles. The number of benzene rings is 11. The molecule has 17 rings (SSSR count). The van der Waals surface area contributed by atoms with Crippen LogP contribution in [0.1, 0.15) is 0 Å². The summed E-state index contributed by atoms with van der Waals surface area (Å²) in [6.07, 6.45) is 8.38. The van der Waals surface area contributed by atoms with E-state index in [0.717, 1.165) is 65.4 Å². The van der Waals surface area contributed by atoms with Crippen molar-refractivity contribution < 1.29 is 19.5 Å². The van der Waals surface area contributed by atoms with Crippen molar-refractivity contribution in [1.82, 2.24) is 29.9 Å². The van der Waals surface area contributed by atoms with Gasteiger partial charge in [0.15, 0.2) is 0 Å². The van der Waals surface area contributed by atoms with Gasteiger partial charge < -0.3 is 0 Å². The quantitative estimate of drug-likeness (QED) is 0.111. The zero-order valence-corrected chi connectivity index (χ0v) is 52.9. The summed E-state index contributed by atoms with van der Waals surface area (Å²) in [6, 6.07) is 123. The Labute approximate surface area is 556 Å². The molecule has 444 valence electrons. The van der Waals surface area contributed by atoms with Gasteiger partial charge in [-0.15, -0.1) is 0 Å². The first-order valence-electron chi connectivity index (χ1n) is 31.2. The molecule has 0 aliphatic rings. The average Bonchev–Trinajstić information content (AvgIpc) is 0.772. The van der Waals surface area contributed by atoms with Crippen molar-refractivity contribution in [3.63, 3.8) is 0 Å². The summed E-state index contributed by atoms with van der Waals surface area (Å²) in [5.41, 5.74) is 16.6. The Morgan fingerprint density at radius 1 is 0.140 bits per heavy atom. The van der Waals surface area contributed by atoms with Gasteiger partial charge in [-0.2, -0.15) is 43.7 Å². The van der Waals surface area contributed by atoms with Crippen LogP contribution in [0.3, 0.4) is 0 Å². The topological polar surface area (TPSA) is 77.3 Å². The molecule has 0 saturated heterocycles. The Hall–Kier alpha value is -11.4. The molecule has 0 aliphatic carbocycles. The van der Waals surface area contributed by atoms with E-state index in [-0.39, 0.29) is 19.5 Å². The van der Waals surface area contributed by atoms with Crippen LogP contribution in [0.4, 0.5) is 0 Å². The minimum Gasteiger partial charge on any atom is -0.254 e. The second-order valence-corrected chi connectivity index (χ2v) is 22.7. The van der Waals surface area contributed by atoms with Gasteiger partial charge in [0.1, 0.15) is 12.3 Å². The van der Waals surface area contributed by atoms with E-state index < -0.39 is 12.3 Å². The molecule has 0 amide bonds. The van der Waals surface area contributed by atoms with E-state index in [1.165, 1.54) is 43.7 Å². The number of hydrogen-bond donors (Lipinski definition) is 0. The van der Waals surface area contributed by atoms with Crippen molar-refractivity contribution in [2.24, 2.45) is 0 Å². The summed E-state index contributed by atoms with van der Waals surface area (Å²) in [6.45, 7) is 0. The van der Waals surface area contributed by atoms with Crippen LogP contribution >= 0.6 is 0 Å². The number of aromatic nitrogens is 6. The second-order valence-electron chi connectivity index (χ2n) is 22.7. The molecule has 0 saturated carbocycles. The van der Waals surface area contributed by atoms with Crippen molar-refractivity contribution in [2.75, 3.05) is 0 Å². The normalized spacial score (nSPS) is 10.9. The third-order valence-electron chi connectivity index (χ3n) is 17.4. The van der Waals surface area contributed by atoms with Gasteiger partial charge in [-0.05, 0) is 36.4 Å². The molecule has 17 aromatic rings. The zero-order valence-electron chi connectivity index (χ0n) is 51.1. The van der Waals surface area contributed by atoms with Gasteiger partial charge in [0.2, 0.25) is 0 Å². The fraction of sp³-hybridized carbons (Fsp3) is 0. The first-order valence-corrected chi connectivity index (χ1v) is 31.2. The van der Waals surface area contributed by atoms with E-state index in [2.05, 4.69) is 345 Å². The van der Waals surface area contributed by atoms with E-state index in [1.807, 2.05) is 36.4 Å². The van der Waals surface area contributed by atoms with Gasteiger partial charge in [0.05, 0.1) is 33.1 Å². The van der Waals surface area contributed by atoms with Crippen LogP contribution in [0.15, 0.2) is 389 Å². The molecule has 0 fully saturated rings. The summed E-state index contributed by atoms with van der Waals surface area (Å²) in [5, 5.41) is 6.83. The Morgan fingerprint density at radius 2 is 0.269 bits per heavy atom. The SMILES string of the molecule is [Ru+2].c1ccc([B-](c2ccccc2)(c2ccccc2)c2ccccc2)cc1.c1ccc([B-](c2ccccc2)(c2ccccc2)c2ccccc2)cc1.c1cnc2c(c1)ccc1cccnc12.c1cnc2c(c1)ccc1cccnc12.c1cnc2c(c1)ccc1cccnc12. The number of pyridine rings is 6. The van der Waals surface area contributed by atoms with E-state index >= 15 is 0 Å². The van der Waals surface area contributed by atoms with Crippen molar-refractivity contribution >= 4 is 121 Å². The van der Waals surface area contributed by atoms with Gasteiger partial charge in [-0.25, -0.2) is 0 Å². The summed E-state index contributed by atoms with van der Waals surface area (Å²) in [7, 11) is 0. The molecule has 0 atom stereocenters. The molecule has 0 unspecified atom stereocenters. The van der Waals surface area contributed by atoms with Gasteiger partial charge >= 0.3 is 19.5 Å². The molecule has 0 spiro atoms. The third kappa shape index (κ3) is 13.3. The average molecular weight is 1280 g/mol. The van der Waals surface area contributed by atoms with Crippen LogP contribution in [0, 0.1) is 0 Å². The number of hydrogen-bond acceptors (Lipinski definition) is 6. The fourth-order valence-corrected chi connectivity index (χ4v) is 13.3. The van der Waals surface area contributed by atoms with Crippen LogP contribution in [0.5, 0.6) is 0 Å². The maximum absolute atomic E-state index is 4.35. The monoisotopic (exact) mass is 1280 g/mol. The van der Waals surface area contributed by atoms with Crippen molar-refractivity contribution in [3.05, 3.63) is 389 Å². The molecule has 0 N–H and O–H groups in total. The van der Waals surface area contributed by atoms with E-state index in [4.69, 9.17) is 0 Å². The molecule has 0 radical (unpaired) electrons. The van der Waals surface area contributed by atoms with Gasteiger partial charge in [0.25, 0.3) is 0 Å². The van der Waals surface area contributed by atoms with Gasteiger partial charge in [-0.1, -0.05) is 315 Å². The summed E-state index contributed by atoms with van der Waals surface area (Å²) in [5.74, 6) is 0. The predicted molar refractivity (Wildman–Crippen MR) is 391 cm³/mol. The Balaban J connectivity index is 0.000000114. The summed E-state index contributed by atoms with van der Waals surface area (Å²) in [4.78, 5) is 26.1. The molecule has 9 heteroatoms. The molecular weight excluding hydrogens is 1220 g/mol. The van der Waals surface area contributed by atoms with Crippen LogP contribution < -0.4 is 43.7 Å². The smallest absolute Gasteiger partial charge is 0.254 e. The summed E-state index contributed by atoms with van der Waals surface area (Å²) < 4.78 is 0.